The molecule has 3 N–H and O–H groups in total. The molecule has 23 heavy (non-hydrogen) atoms. The van der Waals surface area contributed by atoms with E-state index in [0.717, 1.165) is 24.5 Å². The second-order valence-electron chi connectivity index (χ2n) is 4.94. The van der Waals surface area contributed by atoms with E-state index in [0.29, 0.717) is 21.4 Å². The summed E-state index contributed by atoms with van der Waals surface area (Å²) in [5.41, 5.74) is 2.10. The number of amidine groups is 1. The lowest BCUT2D eigenvalue weighted by atomic mass is 10.2. The van der Waals surface area contributed by atoms with Crippen LogP contribution in [0, 0.1) is 0 Å². The van der Waals surface area contributed by atoms with Crippen LogP contribution >= 0.6 is 23.2 Å². The molecule has 0 saturated carbocycles. The van der Waals surface area contributed by atoms with Crippen LogP contribution in [0.3, 0.4) is 0 Å². The Labute approximate surface area is 143 Å². The zero-order valence-corrected chi connectivity index (χ0v) is 13.6. The van der Waals surface area contributed by atoms with Gasteiger partial charge in [0.2, 0.25) is 0 Å². The van der Waals surface area contributed by atoms with Gasteiger partial charge in [-0.15, -0.1) is 0 Å². The lowest BCUT2D eigenvalue weighted by Gasteiger charge is -2.10. The molecular formula is C16H14Cl2N4O. The van der Waals surface area contributed by atoms with E-state index in [2.05, 4.69) is 20.9 Å². The molecule has 0 saturated heterocycles. The highest BCUT2D eigenvalue weighted by atomic mass is 35.5. The van der Waals surface area contributed by atoms with Crippen molar-refractivity contribution < 1.29 is 4.79 Å². The average molecular weight is 349 g/mol. The molecular weight excluding hydrogens is 335 g/mol. The Morgan fingerprint density at radius 1 is 1.13 bits per heavy atom. The SMILES string of the molecule is O=C(Nc1cccc(C2=NCCN2)c1)Nc1ccc(Cl)cc1Cl. The molecule has 0 aromatic heterocycles. The van der Waals surface area contributed by atoms with Gasteiger partial charge < -0.3 is 16.0 Å². The minimum absolute atomic E-state index is 0.380. The number of anilines is 2. The van der Waals surface area contributed by atoms with Gasteiger partial charge in [0, 0.05) is 22.8 Å². The van der Waals surface area contributed by atoms with Crippen molar-refractivity contribution in [3.05, 3.63) is 58.1 Å². The number of carbonyl (C=O) groups is 1. The summed E-state index contributed by atoms with van der Waals surface area (Å²) in [5, 5.41) is 9.55. The molecule has 0 unspecified atom stereocenters. The average Bonchev–Trinajstić information content (AvgIpc) is 3.05. The quantitative estimate of drug-likeness (QED) is 0.785. The van der Waals surface area contributed by atoms with Gasteiger partial charge in [0.25, 0.3) is 0 Å². The molecule has 0 radical (unpaired) electrons. The highest BCUT2D eigenvalue weighted by Gasteiger charge is 2.10. The number of urea groups is 1. The van der Waals surface area contributed by atoms with Crippen molar-refractivity contribution >= 4 is 46.4 Å². The van der Waals surface area contributed by atoms with Crippen LogP contribution in [0.2, 0.25) is 10.0 Å². The highest BCUT2D eigenvalue weighted by Crippen LogP contribution is 2.25. The number of nitrogens with one attached hydrogen (secondary N) is 3. The summed E-state index contributed by atoms with van der Waals surface area (Å²) in [6, 6.07) is 12.0. The van der Waals surface area contributed by atoms with Crippen molar-refractivity contribution in [1.82, 2.24) is 5.32 Å². The number of rotatable bonds is 3. The largest absolute Gasteiger partial charge is 0.368 e. The van der Waals surface area contributed by atoms with E-state index < -0.39 is 0 Å². The first-order valence-electron chi connectivity index (χ1n) is 7.03. The van der Waals surface area contributed by atoms with Crippen molar-refractivity contribution in [2.45, 2.75) is 0 Å². The number of amides is 2. The maximum atomic E-state index is 12.1. The van der Waals surface area contributed by atoms with E-state index in [-0.39, 0.29) is 6.03 Å². The van der Waals surface area contributed by atoms with Gasteiger partial charge in [0.1, 0.15) is 5.84 Å². The molecule has 3 rings (SSSR count). The van der Waals surface area contributed by atoms with Crippen LogP contribution < -0.4 is 16.0 Å². The Kier molecular flexibility index (Phi) is 4.69. The third-order valence-electron chi connectivity index (χ3n) is 3.25. The molecule has 1 aliphatic heterocycles. The Bertz CT molecular complexity index is 776. The topological polar surface area (TPSA) is 65.5 Å². The predicted molar refractivity (Wildman–Crippen MR) is 95.0 cm³/mol. The van der Waals surface area contributed by atoms with Crippen LogP contribution in [-0.4, -0.2) is 25.0 Å². The monoisotopic (exact) mass is 348 g/mol. The zero-order valence-electron chi connectivity index (χ0n) is 12.1. The number of halogens is 2. The van der Waals surface area contributed by atoms with Crippen LogP contribution in [-0.2, 0) is 0 Å². The van der Waals surface area contributed by atoms with E-state index in [1.165, 1.54) is 0 Å². The van der Waals surface area contributed by atoms with Crippen LogP contribution in [0.15, 0.2) is 47.5 Å². The Hall–Kier alpha value is -2.24. The van der Waals surface area contributed by atoms with E-state index in [4.69, 9.17) is 23.2 Å². The maximum absolute atomic E-state index is 12.1. The van der Waals surface area contributed by atoms with Gasteiger partial charge in [0.05, 0.1) is 17.3 Å². The Morgan fingerprint density at radius 2 is 2.00 bits per heavy atom. The van der Waals surface area contributed by atoms with Gasteiger partial charge in [-0.2, -0.15) is 0 Å². The smallest absolute Gasteiger partial charge is 0.323 e. The molecule has 0 spiro atoms. The zero-order chi connectivity index (χ0) is 16.2. The fourth-order valence-electron chi connectivity index (χ4n) is 2.21. The lowest BCUT2D eigenvalue weighted by Crippen LogP contribution is -2.21. The van der Waals surface area contributed by atoms with E-state index >= 15 is 0 Å². The van der Waals surface area contributed by atoms with Gasteiger partial charge in [-0.25, -0.2) is 4.79 Å². The first-order valence-corrected chi connectivity index (χ1v) is 7.79. The molecule has 0 atom stereocenters. The third-order valence-corrected chi connectivity index (χ3v) is 3.80. The van der Waals surface area contributed by atoms with E-state index in [9.17, 15) is 4.79 Å². The van der Waals surface area contributed by atoms with Crippen LogP contribution in [0.25, 0.3) is 0 Å². The molecule has 5 nitrogen and oxygen atoms in total. The minimum atomic E-state index is -0.382. The van der Waals surface area contributed by atoms with E-state index in [1.54, 1.807) is 18.2 Å². The van der Waals surface area contributed by atoms with Gasteiger partial charge in [-0.3, -0.25) is 4.99 Å². The summed E-state index contributed by atoms with van der Waals surface area (Å²) in [5.74, 6) is 0.842. The fraction of sp³-hybridized carbons (Fsp3) is 0.125. The summed E-state index contributed by atoms with van der Waals surface area (Å²) < 4.78 is 0. The van der Waals surface area contributed by atoms with Crippen molar-refractivity contribution in [3.63, 3.8) is 0 Å². The summed E-state index contributed by atoms with van der Waals surface area (Å²) in [7, 11) is 0. The molecule has 2 amide bonds. The maximum Gasteiger partial charge on any atom is 0.323 e. The molecule has 7 heteroatoms. The van der Waals surface area contributed by atoms with Crippen molar-refractivity contribution in [2.24, 2.45) is 4.99 Å². The second-order valence-corrected chi connectivity index (χ2v) is 5.78. The first kappa shape index (κ1) is 15.6. The number of nitrogens with zero attached hydrogens (tertiary/aromatic N) is 1. The van der Waals surface area contributed by atoms with Crippen molar-refractivity contribution in [3.8, 4) is 0 Å². The molecule has 2 aromatic rings. The molecule has 0 fully saturated rings. The second kappa shape index (κ2) is 6.89. The van der Waals surface area contributed by atoms with Gasteiger partial charge in [0.15, 0.2) is 0 Å². The fourth-order valence-corrected chi connectivity index (χ4v) is 2.67. The first-order chi connectivity index (χ1) is 11.1. The van der Waals surface area contributed by atoms with Crippen molar-refractivity contribution in [1.29, 1.82) is 0 Å². The molecule has 2 aromatic carbocycles. The summed E-state index contributed by atoms with van der Waals surface area (Å²) in [6.07, 6.45) is 0. The van der Waals surface area contributed by atoms with Crippen LogP contribution in [0.1, 0.15) is 5.56 Å². The molecule has 1 aliphatic rings. The number of hydrogen-bond acceptors (Lipinski definition) is 3. The standard InChI is InChI=1S/C16H14Cl2N4O/c17-11-4-5-14(13(18)9-11)22-16(23)21-12-3-1-2-10(8-12)15-19-6-7-20-15/h1-5,8-9H,6-7H2,(H,19,20)(H2,21,22,23). The summed E-state index contributed by atoms with van der Waals surface area (Å²) in [6.45, 7) is 1.60. The van der Waals surface area contributed by atoms with Crippen LogP contribution in [0.5, 0.6) is 0 Å². The number of benzene rings is 2. The number of carbonyl (C=O) groups excluding carboxylic acids is 1. The van der Waals surface area contributed by atoms with Gasteiger partial charge in [-0.1, -0.05) is 35.3 Å². The normalized spacial score (nSPS) is 13.2. The third kappa shape index (κ3) is 3.94. The number of hydrogen-bond donors (Lipinski definition) is 3. The Morgan fingerprint density at radius 3 is 2.74 bits per heavy atom. The van der Waals surface area contributed by atoms with Gasteiger partial charge in [-0.05, 0) is 30.3 Å². The molecule has 1 heterocycles. The Balaban J connectivity index is 1.69. The molecule has 118 valence electrons. The highest BCUT2D eigenvalue weighted by molar-refractivity contribution is 6.36. The number of aliphatic imine (C=N–C) groups is 1. The molecule has 0 bridgehead atoms. The summed E-state index contributed by atoms with van der Waals surface area (Å²) in [4.78, 5) is 16.5. The van der Waals surface area contributed by atoms with Crippen molar-refractivity contribution in [2.75, 3.05) is 23.7 Å². The minimum Gasteiger partial charge on any atom is -0.368 e. The van der Waals surface area contributed by atoms with Gasteiger partial charge >= 0.3 is 6.03 Å². The van der Waals surface area contributed by atoms with E-state index in [1.807, 2.05) is 24.3 Å². The predicted octanol–water partition coefficient (Wildman–Crippen LogP) is 3.99. The van der Waals surface area contributed by atoms with Crippen LogP contribution in [0.4, 0.5) is 16.2 Å². The summed E-state index contributed by atoms with van der Waals surface area (Å²) >= 11 is 11.9. The lowest BCUT2D eigenvalue weighted by molar-refractivity contribution is 0.262. The molecule has 0 aliphatic carbocycles.